The van der Waals surface area contributed by atoms with Gasteiger partial charge in [-0.1, -0.05) is 0 Å². The first kappa shape index (κ1) is 14.1. The van der Waals surface area contributed by atoms with Crippen molar-refractivity contribution in [3.8, 4) is 11.5 Å². The molecule has 0 saturated heterocycles. The van der Waals surface area contributed by atoms with Crippen LogP contribution in [0.3, 0.4) is 0 Å². The number of nitrogens with two attached hydrogens (primary N) is 1. The van der Waals surface area contributed by atoms with Gasteiger partial charge in [0.15, 0.2) is 23.0 Å². The molecule has 2 aromatic heterocycles. The number of anilines is 2. The van der Waals surface area contributed by atoms with Crippen molar-refractivity contribution in [3.05, 3.63) is 30.2 Å². The van der Waals surface area contributed by atoms with Crippen LogP contribution in [0.5, 0.6) is 11.5 Å². The Hall–Kier alpha value is -3.50. The Morgan fingerprint density at radius 1 is 1.21 bits per heavy atom. The van der Waals surface area contributed by atoms with Crippen LogP contribution in [0.25, 0.3) is 11.0 Å². The zero-order valence-electron chi connectivity index (χ0n) is 11.7. The lowest BCUT2D eigenvalue weighted by Gasteiger charge is -2.04. The van der Waals surface area contributed by atoms with Gasteiger partial charge in [-0.2, -0.15) is 0 Å². The second-order valence-corrected chi connectivity index (χ2v) is 4.81. The number of hydrogen-bond acceptors (Lipinski definition) is 7. The van der Waals surface area contributed by atoms with E-state index in [1.807, 2.05) is 0 Å². The maximum atomic E-state index is 13.0. The van der Waals surface area contributed by atoms with Crippen molar-refractivity contribution in [2.24, 2.45) is 0 Å². The van der Waals surface area contributed by atoms with E-state index in [4.69, 9.17) is 5.73 Å². The van der Waals surface area contributed by atoms with E-state index in [0.29, 0.717) is 11.0 Å². The van der Waals surface area contributed by atoms with E-state index in [-0.39, 0.29) is 29.0 Å². The van der Waals surface area contributed by atoms with E-state index in [1.54, 1.807) is 0 Å². The predicted molar refractivity (Wildman–Crippen MR) is 76.7 cm³/mol. The lowest BCUT2D eigenvalue weighted by atomic mass is 10.3. The summed E-state index contributed by atoms with van der Waals surface area (Å²) in [6, 6.07) is 2.57. The van der Waals surface area contributed by atoms with Gasteiger partial charge in [0, 0.05) is 24.5 Å². The Morgan fingerprint density at radius 2 is 1.92 bits per heavy atom. The Kier molecular flexibility index (Phi) is 2.79. The molecule has 0 aliphatic carbocycles. The van der Waals surface area contributed by atoms with Crippen molar-refractivity contribution in [2.45, 2.75) is 6.29 Å². The first-order valence-corrected chi connectivity index (χ1v) is 6.59. The number of fused-ring (bicyclic) bond motifs is 2. The molecule has 0 unspecified atom stereocenters. The van der Waals surface area contributed by atoms with Crippen LogP contribution in [0.2, 0.25) is 0 Å². The highest BCUT2D eigenvalue weighted by Crippen LogP contribution is 2.42. The number of benzene rings is 1. The van der Waals surface area contributed by atoms with Crippen molar-refractivity contribution >= 4 is 28.7 Å². The fraction of sp³-hybridized carbons (Fsp3) is 0.0769. The molecule has 1 aliphatic rings. The third kappa shape index (κ3) is 2.31. The molecular weight excluding hydrogens is 326 g/mol. The fourth-order valence-corrected chi connectivity index (χ4v) is 2.20. The Bertz CT molecular complexity index is 928. The summed E-state index contributed by atoms with van der Waals surface area (Å²) in [7, 11) is 0. The van der Waals surface area contributed by atoms with E-state index in [0.717, 1.165) is 0 Å². The van der Waals surface area contributed by atoms with Gasteiger partial charge in [0.2, 0.25) is 5.95 Å². The molecule has 0 atom stereocenters. The fourth-order valence-electron chi connectivity index (χ4n) is 2.20. The van der Waals surface area contributed by atoms with Crippen LogP contribution in [-0.2, 0) is 0 Å². The molecule has 0 fully saturated rings. The van der Waals surface area contributed by atoms with Crippen LogP contribution in [0, 0.1) is 0 Å². The third-order valence-corrected chi connectivity index (χ3v) is 3.18. The van der Waals surface area contributed by atoms with E-state index < -0.39 is 12.2 Å². The number of halogens is 2. The van der Waals surface area contributed by atoms with Crippen LogP contribution >= 0.6 is 0 Å². The quantitative estimate of drug-likeness (QED) is 0.648. The van der Waals surface area contributed by atoms with E-state index in [2.05, 4.69) is 34.7 Å². The molecule has 122 valence electrons. The number of nitrogen functional groups attached to an aromatic ring is 1. The summed E-state index contributed by atoms with van der Waals surface area (Å²) < 4.78 is 34.7. The normalized spacial score (nSPS) is 14.8. The number of rotatable bonds is 2. The number of ether oxygens (including phenoxy) is 2. The predicted octanol–water partition coefficient (Wildman–Crippen LogP) is 1.51. The smallest absolute Gasteiger partial charge is 0.395 e. The first-order chi connectivity index (χ1) is 11.4. The van der Waals surface area contributed by atoms with Gasteiger partial charge in [0.05, 0.1) is 11.0 Å². The molecule has 0 saturated carbocycles. The summed E-state index contributed by atoms with van der Waals surface area (Å²) in [5.74, 6) is -0.849. The number of H-pyrrole nitrogens is 1. The summed E-state index contributed by atoms with van der Waals surface area (Å²) in [6.45, 7) is 0. The second kappa shape index (κ2) is 4.75. The van der Waals surface area contributed by atoms with Crippen molar-refractivity contribution in [2.75, 3.05) is 11.1 Å². The first-order valence-electron chi connectivity index (χ1n) is 6.59. The lowest BCUT2D eigenvalue weighted by Crippen LogP contribution is -2.25. The van der Waals surface area contributed by atoms with E-state index in [1.165, 1.54) is 24.5 Å². The average Bonchev–Trinajstić information content (AvgIpc) is 3.01. The molecule has 11 heteroatoms. The highest BCUT2D eigenvalue weighted by atomic mass is 19.3. The minimum atomic E-state index is -3.71. The molecule has 4 rings (SSSR count). The minimum absolute atomic E-state index is 0.0332. The average molecular weight is 334 g/mol. The van der Waals surface area contributed by atoms with Gasteiger partial charge in [-0.15, -0.1) is 8.78 Å². The van der Waals surface area contributed by atoms with Crippen LogP contribution in [0.15, 0.2) is 24.5 Å². The summed E-state index contributed by atoms with van der Waals surface area (Å²) in [5, 5.41) is 2.46. The topological polar surface area (TPSA) is 128 Å². The number of hydrogen-bond donors (Lipinski definition) is 3. The van der Waals surface area contributed by atoms with Crippen LogP contribution in [-0.4, -0.2) is 32.1 Å². The monoisotopic (exact) mass is 334 g/mol. The number of amides is 1. The molecule has 1 aliphatic heterocycles. The SMILES string of the molecule is Nc1nccnc1C(=O)Nc1nc2cc3c(cc2[nH]1)OC(F)(F)O3. The van der Waals surface area contributed by atoms with Crippen LogP contribution in [0.4, 0.5) is 20.5 Å². The minimum Gasteiger partial charge on any atom is -0.395 e. The van der Waals surface area contributed by atoms with Crippen LogP contribution < -0.4 is 20.5 Å². The highest BCUT2D eigenvalue weighted by Gasteiger charge is 2.43. The van der Waals surface area contributed by atoms with Crippen molar-refractivity contribution in [3.63, 3.8) is 0 Å². The standard InChI is InChI=1S/C13H8F2N6O3/c14-13(15)23-7-3-5-6(4-8(7)24-13)20-12(19-5)21-11(22)9-10(16)18-2-1-17-9/h1-4H,(H2,16,18)(H2,19,20,21,22). The number of aromatic amines is 1. The number of imidazole rings is 1. The Balaban J connectivity index is 1.63. The number of nitrogens with one attached hydrogen (secondary N) is 2. The maximum Gasteiger partial charge on any atom is 0.586 e. The summed E-state index contributed by atoms with van der Waals surface area (Å²) in [6.07, 6.45) is -1.03. The maximum absolute atomic E-state index is 13.0. The molecule has 3 heterocycles. The van der Waals surface area contributed by atoms with E-state index >= 15 is 0 Å². The number of alkyl halides is 2. The highest BCUT2D eigenvalue weighted by molar-refractivity contribution is 6.05. The van der Waals surface area contributed by atoms with Gasteiger partial charge >= 0.3 is 6.29 Å². The number of aromatic nitrogens is 4. The molecule has 0 radical (unpaired) electrons. The Morgan fingerprint density at radius 3 is 2.67 bits per heavy atom. The zero-order chi connectivity index (χ0) is 16.9. The molecule has 3 aromatic rings. The molecule has 0 bridgehead atoms. The summed E-state index contributed by atoms with van der Waals surface area (Å²) in [4.78, 5) is 26.5. The van der Waals surface area contributed by atoms with Crippen LogP contribution in [0.1, 0.15) is 10.5 Å². The van der Waals surface area contributed by atoms with E-state index in [9.17, 15) is 13.6 Å². The van der Waals surface area contributed by atoms with Crippen molar-refractivity contribution < 1.29 is 23.0 Å². The Labute approximate surface area is 131 Å². The molecule has 9 nitrogen and oxygen atoms in total. The van der Waals surface area contributed by atoms with Gasteiger partial charge < -0.3 is 20.2 Å². The molecule has 1 amide bonds. The van der Waals surface area contributed by atoms with Gasteiger partial charge in [0.25, 0.3) is 5.91 Å². The van der Waals surface area contributed by atoms with Gasteiger partial charge in [-0.3, -0.25) is 10.1 Å². The largest absolute Gasteiger partial charge is 0.586 e. The number of nitrogens with zero attached hydrogens (tertiary/aromatic N) is 3. The number of carbonyl (C=O) groups excluding carboxylic acids is 1. The third-order valence-electron chi connectivity index (χ3n) is 3.18. The van der Waals surface area contributed by atoms with Gasteiger partial charge in [-0.25, -0.2) is 15.0 Å². The summed E-state index contributed by atoms with van der Waals surface area (Å²) >= 11 is 0. The second-order valence-electron chi connectivity index (χ2n) is 4.81. The molecule has 24 heavy (non-hydrogen) atoms. The van der Waals surface area contributed by atoms with Crippen molar-refractivity contribution in [1.29, 1.82) is 0 Å². The molecular formula is C13H8F2N6O3. The summed E-state index contributed by atoms with van der Waals surface area (Å²) in [5.41, 5.74) is 6.18. The lowest BCUT2D eigenvalue weighted by molar-refractivity contribution is -0.286. The molecule has 0 spiro atoms. The van der Waals surface area contributed by atoms with Gasteiger partial charge in [0.1, 0.15) is 0 Å². The van der Waals surface area contributed by atoms with Crippen molar-refractivity contribution in [1.82, 2.24) is 19.9 Å². The van der Waals surface area contributed by atoms with Gasteiger partial charge in [-0.05, 0) is 0 Å². The molecule has 1 aromatic carbocycles. The number of carbonyl (C=O) groups is 1. The zero-order valence-corrected chi connectivity index (χ0v) is 11.7. The molecule has 4 N–H and O–H groups in total.